The molecule has 0 saturated carbocycles. The maximum absolute atomic E-state index is 12.5. The van der Waals surface area contributed by atoms with Crippen LogP contribution in [0.2, 0.25) is 0 Å². The number of halogens is 3. The van der Waals surface area contributed by atoms with E-state index in [0.717, 1.165) is 28.1 Å². The van der Waals surface area contributed by atoms with Gasteiger partial charge in [0, 0.05) is 19.6 Å². The molecule has 0 aromatic heterocycles. The number of amides is 1. The molecular formula is C22H31F3N2O4. The zero-order valence-electron chi connectivity index (χ0n) is 18.6. The van der Waals surface area contributed by atoms with Gasteiger partial charge in [-0.15, -0.1) is 0 Å². The highest BCUT2D eigenvalue weighted by Crippen LogP contribution is 2.39. The fourth-order valence-corrected chi connectivity index (χ4v) is 4.04. The van der Waals surface area contributed by atoms with Crippen LogP contribution in [-0.2, 0) is 22.3 Å². The van der Waals surface area contributed by atoms with Crippen molar-refractivity contribution in [3.63, 3.8) is 0 Å². The van der Waals surface area contributed by atoms with E-state index in [-0.39, 0.29) is 12.7 Å². The van der Waals surface area contributed by atoms with Gasteiger partial charge in [-0.25, -0.2) is 4.79 Å². The maximum Gasteiger partial charge on any atom is 0.411 e. The summed E-state index contributed by atoms with van der Waals surface area (Å²) in [5, 5.41) is 0. The number of hydrogen-bond acceptors (Lipinski definition) is 5. The number of anilines is 1. The van der Waals surface area contributed by atoms with E-state index in [0.29, 0.717) is 45.6 Å². The first-order chi connectivity index (χ1) is 14.4. The van der Waals surface area contributed by atoms with E-state index in [9.17, 15) is 18.0 Å². The molecule has 1 amide bonds. The first-order valence-corrected chi connectivity index (χ1v) is 10.6. The van der Waals surface area contributed by atoms with E-state index < -0.39 is 18.4 Å². The first kappa shape index (κ1) is 23.5. The molecule has 31 heavy (non-hydrogen) atoms. The molecule has 0 radical (unpaired) electrons. The minimum atomic E-state index is -4.32. The Morgan fingerprint density at radius 3 is 2.55 bits per heavy atom. The minimum absolute atomic E-state index is 0.0120. The van der Waals surface area contributed by atoms with Gasteiger partial charge in [0.1, 0.15) is 24.6 Å². The monoisotopic (exact) mass is 444 g/mol. The van der Waals surface area contributed by atoms with Gasteiger partial charge in [-0.05, 0) is 63.3 Å². The second-order valence-electron chi connectivity index (χ2n) is 8.96. The molecule has 0 spiro atoms. The summed E-state index contributed by atoms with van der Waals surface area (Å²) in [6.45, 7) is 8.83. The number of fused-ring (bicyclic) bond motifs is 2. The van der Waals surface area contributed by atoms with E-state index >= 15 is 0 Å². The topological polar surface area (TPSA) is 51.2 Å². The Morgan fingerprint density at radius 2 is 1.87 bits per heavy atom. The Morgan fingerprint density at radius 1 is 1.16 bits per heavy atom. The molecule has 2 heterocycles. The van der Waals surface area contributed by atoms with Crippen molar-refractivity contribution in [1.29, 1.82) is 0 Å². The third kappa shape index (κ3) is 6.18. The van der Waals surface area contributed by atoms with Crippen molar-refractivity contribution in [1.82, 2.24) is 4.90 Å². The summed E-state index contributed by atoms with van der Waals surface area (Å²) in [4.78, 5) is 16.3. The van der Waals surface area contributed by atoms with Crippen LogP contribution in [0.1, 0.15) is 37.5 Å². The fourth-order valence-electron chi connectivity index (χ4n) is 4.04. The Bertz CT molecular complexity index is 805. The number of carbonyl (C=O) groups excluding carboxylic acids is 1. The number of rotatable bonds is 4. The summed E-state index contributed by atoms with van der Waals surface area (Å²) >= 11 is 0. The van der Waals surface area contributed by atoms with Gasteiger partial charge in [0.25, 0.3) is 0 Å². The molecular weight excluding hydrogens is 413 g/mol. The van der Waals surface area contributed by atoms with Crippen molar-refractivity contribution >= 4 is 11.8 Å². The third-order valence-electron chi connectivity index (χ3n) is 5.37. The molecule has 1 aromatic carbocycles. The normalized spacial score (nSPS) is 16.9. The Hall–Kier alpha value is -2.16. The van der Waals surface area contributed by atoms with Crippen LogP contribution in [-0.4, -0.2) is 68.8 Å². The van der Waals surface area contributed by atoms with Gasteiger partial charge >= 0.3 is 12.3 Å². The van der Waals surface area contributed by atoms with Crippen molar-refractivity contribution in [2.24, 2.45) is 0 Å². The van der Waals surface area contributed by atoms with Crippen molar-refractivity contribution in [3.8, 4) is 5.75 Å². The smallest absolute Gasteiger partial charge is 0.411 e. The predicted octanol–water partition coefficient (Wildman–Crippen LogP) is 4.11. The quantitative estimate of drug-likeness (QED) is 0.655. The number of hydrogen-bond donors (Lipinski definition) is 0. The molecule has 0 fully saturated rings. The largest absolute Gasteiger partial charge is 0.490 e. The van der Waals surface area contributed by atoms with Gasteiger partial charge in [-0.1, -0.05) is 0 Å². The van der Waals surface area contributed by atoms with Crippen LogP contribution < -0.4 is 9.64 Å². The van der Waals surface area contributed by atoms with Crippen LogP contribution in [0.25, 0.3) is 0 Å². The van der Waals surface area contributed by atoms with Gasteiger partial charge in [0.05, 0.1) is 18.8 Å². The summed E-state index contributed by atoms with van der Waals surface area (Å²) in [6, 6.07) is 2.01. The molecule has 0 atom stereocenters. The lowest BCUT2D eigenvalue weighted by Crippen LogP contribution is -2.38. The van der Waals surface area contributed by atoms with E-state index in [1.807, 2.05) is 38.7 Å². The highest BCUT2D eigenvalue weighted by Gasteiger charge is 2.30. The van der Waals surface area contributed by atoms with Crippen LogP contribution in [0.5, 0.6) is 5.75 Å². The lowest BCUT2D eigenvalue weighted by Gasteiger charge is -2.34. The summed E-state index contributed by atoms with van der Waals surface area (Å²) < 4.78 is 53.2. The minimum Gasteiger partial charge on any atom is -0.490 e. The van der Waals surface area contributed by atoms with Gasteiger partial charge in [-0.2, -0.15) is 13.2 Å². The first-order valence-electron chi connectivity index (χ1n) is 10.6. The van der Waals surface area contributed by atoms with E-state index in [2.05, 4.69) is 0 Å². The lowest BCUT2D eigenvalue weighted by atomic mass is 9.94. The highest BCUT2D eigenvalue weighted by atomic mass is 19.4. The van der Waals surface area contributed by atoms with Crippen molar-refractivity contribution in [2.75, 3.05) is 50.9 Å². The standard InChI is InChI=1S/C22H31F3N2O4/c1-15-17-6-8-27(20(28)31-21(2,3)4)7-5-16(17)13-18-19(15)26(10-12-30-18)9-11-29-14-22(23,24)25/h13H,5-12,14H2,1-4H3. The number of alkyl halides is 3. The average Bonchev–Trinajstić information content (AvgIpc) is 2.86. The molecule has 3 rings (SSSR count). The summed E-state index contributed by atoms with van der Waals surface area (Å²) in [5.41, 5.74) is 3.71. The Balaban J connectivity index is 1.73. The number of benzene rings is 1. The van der Waals surface area contributed by atoms with Gasteiger partial charge in [0.2, 0.25) is 0 Å². The number of carbonyl (C=O) groups is 1. The molecule has 0 unspecified atom stereocenters. The number of nitrogens with zero attached hydrogens (tertiary/aromatic N) is 2. The lowest BCUT2D eigenvalue weighted by molar-refractivity contribution is -0.173. The average molecular weight is 444 g/mol. The van der Waals surface area contributed by atoms with Crippen molar-refractivity contribution < 1.29 is 32.2 Å². The van der Waals surface area contributed by atoms with Crippen molar-refractivity contribution in [3.05, 3.63) is 22.8 Å². The van der Waals surface area contributed by atoms with Crippen LogP contribution in [0.15, 0.2) is 6.07 Å². The van der Waals surface area contributed by atoms with Crippen LogP contribution in [0.4, 0.5) is 23.7 Å². The third-order valence-corrected chi connectivity index (χ3v) is 5.37. The van der Waals surface area contributed by atoms with Gasteiger partial charge < -0.3 is 24.0 Å². The van der Waals surface area contributed by atoms with E-state index in [1.165, 1.54) is 0 Å². The van der Waals surface area contributed by atoms with E-state index in [4.69, 9.17) is 14.2 Å². The molecule has 2 aliphatic rings. The SMILES string of the molecule is Cc1c2c(cc3c1N(CCOCC(F)(F)F)CCO3)CCN(C(=O)OC(C)(C)C)CC2. The molecule has 0 bridgehead atoms. The molecule has 0 saturated heterocycles. The van der Waals surface area contributed by atoms with Crippen molar-refractivity contribution in [2.45, 2.75) is 52.3 Å². The predicted molar refractivity (Wildman–Crippen MR) is 111 cm³/mol. The van der Waals surface area contributed by atoms with Gasteiger partial charge in [-0.3, -0.25) is 0 Å². The summed E-state index contributed by atoms with van der Waals surface area (Å²) in [5.74, 6) is 0.740. The second-order valence-corrected chi connectivity index (χ2v) is 8.96. The zero-order chi connectivity index (χ0) is 22.8. The fraction of sp³-hybridized carbons (Fsp3) is 0.682. The zero-order valence-corrected chi connectivity index (χ0v) is 18.6. The second kappa shape index (κ2) is 9.14. The Labute approximate surface area is 181 Å². The Kier molecular flexibility index (Phi) is 6.93. The van der Waals surface area contributed by atoms with E-state index in [1.54, 1.807) is 4.90 Å². The van der Waals surface area contributed by atoms with Crippen LogP contribution in [0, 0.1) is 6.92 Å². The van der Waals surface area contributed by atoms with Crippen LogP contribution >= 0.6 is 0 Å². The molecule has 0 N–H and O–H groups in total. The highest BCUT2D eigenvalue weighted by molar-refractivity contribution is 5.71. The number of ether oxygens (including phenoxy) is 3. The molecule has 174 valence electrons. The molecule has 0 aliphatic carbocycles. The molecule has 6 nitrogen and oxygen atoms in total. The molecule has 9 heteroatoms. The summed E-state index contributed by atoms with van der Waals surface area (Å²) in [7, 11) is 0. The molecule has 2 aliphatic heterocycles. The molecule has 1 aromatic rings. The maximum atomic E-state index is 12.5. The summed E-state index contributed by atoms with van der Waals surface area (Å²) in [6.07, 6.45) is -3.26. The van der Waals surface area contributed by atoms with Gasteiger partial charge in [0.15, 0.2) is 0 Å². The van der Waals surface area contributed by atoms with Crippen LogP contribution in [0.3, 0.4) is 0 Å².